The van der Waals surface area contributed by atoms with E-state index in [-0.39, 0.29) is 0 Å². The fourth-order valence-electron chi connectivity index (χ4n) is 4.75. The number of rotatable bonds is 4. The molecule has 6 aromatic rings. The summed E-state index contributed by atoms with van der Waals surface area (Å²) in [5, 5.41) is 8.55. The number of benzene rings is 3. The SMILES string of the molecule is Cc1cc2cc(-c3cnc(N)c4c(-c5ccc(NC(=O)Nc6cc(C(F)(F)F)ccc6F)cc5)csc34)ccc2[nH]1. The van der Waals surface area contributed by atoms with Crippen LogP contribution >= 0.6 is 11.3 Å². The molecular formula is C30H21F4N5OS. The molecule has 6 rings (SSSR count). The van der Waals surface area contributed by atoms with E-state index in [1.807, 2.05) is 24.4 Å². The average molecular weight is 576 g/mol. The van der Waals surface area contributed by atoms with Crippen LogP contribution in [0.3, 0.4) is 0 Å². The Bertz CT molecular complexity index is 1940. The number of carbonyl (C=O) groups is 1. The Balaban J connectivity index is 1.25. The van der Waals surface area contributed by atoms with Crippen molar-refractivity contribution >= 4 is 55.5 Å². The minimum Gasteiger partial charge on any atom is -0.383 e. The third-order valence-electron chi connectivity index (χ3n) is 6.69. The Labute approximate surface area is 234 Å². The van der Waals surface area contributed by atoms with E-state index in [9.17, 15) is 22.4 Å². The molecule has 0 saturated carbocycles. The van der Waals surface area contributed by atoms with E-state index in [1.54, 1.807) is 41.8 Å². The van der Waals surface area contributed by atoms with Crippen molar-refractivity contribution in [2.24, 2.45) is 0 Å². The van der Waals surface area contributed by atoms with Gasteiger partial charge in [0.15, 0.2) is 0 Å². The molecule has 3 heterocycles. The van der Waals surface area contributed by atoms with Gasteiger partial charge in [0.25, 0.3) is 0 Å². The van der Waals surface area contributed by atoms with Crippen LogP contribution in [0.15, 0.2) is 78.3 Å². The van der Waals surface area contributed by atoms with Crippen molar-refractivity contribution < 1.29 is 22.4 Å². The number of alkyl halides is 3. The number of hydrogen-bond donors (Lipinski definition) is 4. The van der Waals surface area contributed by atoms with Gasteiger partial charge in [0.2, 0.25) is 0 Å². The Morgan fingerprint density at radius 3 is 2.46 bits per heavy atom. The van der Waals surface area contributed by atoms with Crippen molar-refractivity contribution in [1.82, 2.24) is 9.97 Å². The Morgan fingerprint density at radius 1 is 0.951 bits per heavy atom. The van der Waals surface area contributed by atoms with E-state index in [4.69, 9.17) is 5.73 Å². The van der Waals surface area contributed by atoms with Crippen LogP contribution in [0.4, 0.5) is 39.5 Å². The van der Waals surface area contributed by atoms with Crippen molar-refractivity contribution in [2.45, 2.75) is 13.1 Å². The topological polar surface area (TPSA) is 95.8 Å². The number of aromatic nitrogens is 2. The molecule has 3 aromatic heterocycles. The van der Waals surface area contributed by atoms with E-state index >= 15 is 0 Å². The number of fused-ring (bicyclic) bond motifs is 2. The van der Waals surface area contributed by atoms with Gasteiger partial charge in [-0.3, -0.25) is 0 Å². The van der Waals surface area contributed by atoms with Gasteiger partial charge < -0.3 is 21.4 Å². The highest BCUT2D eigenvalue weighted by molar-refractivity contribution is 7.18. The van der Waals surface area contributed by atoms with Gasteiger partial charge in [0.05, 0.1) is 11.3 Å². The number of aryl methyl sites for hydroxylation is 1. The summed E-state index contributed by atoms with van der Waals surface area (Å²) in [6, 6.07) is 16.0. The molecule has 5 N–H and O–H groups in total. The molecule has 11 heteroatoms. The maximum atomic E-state index is 14.0. The normalized spacial score (nSPS) is 11.7. The minimum atomic E-state index is -4.67. The summed E-state index contributed by atoms with van der Waals surface area (Å²) in [5.74, 6) is -0.593. The number of nitrogen functional groups attached to an aromatic ring is 1. The molecule has 0 aliphatic heterocycles. The zero-order valence-corrected chi connectivity index (χ0v) is 22.2. The van der Waals surface area contributed by atoms with Crippen molar-refractivity contribution in [1.29, 1.82) is 0 Å². The third-order valence-corrected chi connectivity index (χ3v) is 7.70. The summed E-state index contributed by atoms with van der Waals surface area (Å²) in [6.45, 7) is 2.01. The first-order chi connectivity index (χ1) is 19.6. The lowest BCUT2D eigenvalue weighted by Gasteiger charge is -2.12. The van der Waals surface area contributed by atoms with Crippen LogP contribution < -0.4 is 16.4 Å². The number of anilines is 3. The van der Waals surface area contributed by atoms with E-state index in [2.05, 4.69) is 32.7 Å². The molecule has 0 unspecified atom stereocenters. The molecule has 0 aliphatic rings. The molecule has 0 bridgehead atoms. The van der Waals surface area contributed by atoms with Gasteiger partial charge in [0, 0.05) is 49.7 Å². The standard InChI is InChI=1S/C30H21F4N5OS/c1-15-10-18-11-17(4-9-24(18)37-15)21-13-36-28(35)26-22(14-41-27(21)26)16-2-6-20(7-3-16)38-29(40)39-25-12-19(30(32,33)34)5-8-23(25)31/h2-14,37H,1H3,(H2,35,36)(H2,38,39,40). The zero-order valence-electron chi connectivity index (χ0n) is 21.4. The Hall–Kier alpha value is -4.90. The van der Waals surface area contributed by atoms with Gasteiger partial charge in [-0.25, -0.2) is 14.2 Å². The van der Waals surface area contributed by atoms with Gasteiger partial charge in [-0.15, -0.1) is 11.3 Å². The van der Waals surface area contributed by atoms with E-state index < -0.39 is 29.3 Å². The first kappa shape index (κ1) is 26.3. The maximum Gasteiger partial charge on any atom is 0.416 e. The zero-order chi connectivity index (χ0) is 28.9. The van der Waals surface area contributed by atoms with Crippen LogP contribution in [-0.4, -0.2) is 16.0 Å². The van der Waals surface area contributed by atoms with Crippen LogP contribution in [0.1, 0.15) is 11.3 Å². The summed E-state index contributed by atoms with van der Waals surface area (Å²) in [6.07, 6.45) is -2.89. The number of nitrogens with two attached hydrogens (primary N) is 1. The van der Waals surface area contributed by atoms with Crippen LogP contribution in [0.5, 0.6) is 0 Å². The summed E-state index contributed by atoms with van der Waals surface area (Å²) in [4.78, 5) is 20.2. The molecule has 6 nitrogen and oxygen atoms in total. The van der Waals surface area contributed by atoms with Gasteiger partial charge in [-0.05, 0) is 72.0 Å². The molecule has 3 aromatic carbocycles. The van der Waals surface area contributed by atoms with Crippen LogP contribution in [0, 0.1) is 12.7 Å². The van der Waals surface area contributed by atoms with E-state index in [1.165, 1.54) is 0 Å². The van der Waals surface area contributed by atoms with Crippen LogP contribution in [0.2, 0.25) is 0 Å². The number of halogens is 4. The molecule has 0 fully saturated rings. The smallest absolute Gasteiger partial charge is 0.383 e. The molecule has 0 atom stereocenters. The van der Waals surface area contributed by atoms with Crippen LogP contribution in [-0.2, 0) is 6.18 Å². The molecule has 0 spiro atoms. The van der Waals surface area contributed by atoms with Gasteiger partial charge in [0.1, 0.15) is 11.6 Å². The molecule has 0 radical (unpaired) electrons. The number of amides is 2. The predicted molar refractivity (Wildman–Crippen MR) is 156 cm³/mol. The minimum absolute atomic E-state index is 0.361. The highest BCUT2D eigenvalue weighted by atomic mass is 32.1. The number of thiophene rings is 1. The summed E-state index contributed by atoms with van der Waals surface area (Å²) < 4.78 is 53.9. The van der Waals surface area contributed by atoms with Gasteiger partial charge >= 0.3 is 12.2 Å². The van der Waals surface area contributed by atoms with Crippen molar-refractivity contribution in [3.8, 4) is 22.3 Å². The monoisotopic (exact) mass is 575 g/mol. The number of urea groups is 1. The van der Waals surface area contributed by atoms with Gasteiger partial charge in [-0.1, -0.05) is 18.2 Å². The lowest BCUT2D eigenvalue weighted by atomic mass is 10.0. The second-order valence-electron chi connectivity index (χ2n) is 9.51. The lowest BCUT2D eigenvalue weighted by molar-refractivity contribution is -0.137. The second kappa shape index (κ2) is 9.93. The number of hydrogen-bond acceptors (Lipinski definition) is 4. The van der Waals surface area contributed by atoms with Gasteiger partial charge in [-0.2, -0.15) is 13.2 Å². The number of H-pyrrole nitrogens is 1. The second-order valence-corrected chi connectivity index (χ2v) is 10.4. The van der Waals surface area contributed by atoms with E-state index in [0.29, 0.717) is 29.7 Å². The first-order valence-corrected chi connectivity index (χ1v) is 13.3. The van der Waals surface area contributed by atoms with Crippen molar-refractivity contribution in [3.05, 3.63) is 95.4 Å². The third kappa shape index (κ3) is 5.07. The number of carbonyl (C=O) groups excluding carboxylic acids is 1. The first-order valence-electron chi connectivity index (χ1n) is 12.4. The quantitative estimate of drug-likeness (QED) is 0.158. The van der Waals surface area contributed by atoms with E-state index in [0.717, 1.165) is 48.9 Å². The number of pyridine rings is 1. The molecular weight excluding hydrogens is 554 g/mol. The summed E-state index contributed by atoms with van der Waals surface area (Å²) in [5.41, 5.74) is 10.8. The lowest BCUT2D eigenvalue weighted by Crippen LogP contribution is -2.20. The number of aromatic amines is 1. The van der Waals surface area contributed by atoms with Crippen molar-refractivity contribution in [3.63, 3.8) is 0 Å². The predicted octanol–water partition coefficient (Wildman–Crippen LogP) is 8.80. The van der Waals surface area contributed by atoms with Crippen LogP contribution in [0.25, 0.3) is 43.2 Å². The number of nitrogens with zero attached hydrogens (tertiary/aromatic N) is 1. The molecule has 2 amide bonds. The fourth-order valence-corrected chi connectivity index (χ4v) is 5.87. The highest BCUT2D eigenvalue weighted by Gasteiger charge is 2.31. The maximum absolute atomic E-state index is 14.0. The molecule has 206 valence electrons. The molecule has 0 saturated heterocycles. The number of nitrogens with one attached hydrogen (secondary N) is 3. The molecule has 0 aliphatic carbocycles. The highest BCUT2D eigenvalue weighted by Crippen LogP contribution is 2.42. The Kier molecular flexibility index (Phi) is 6.38. The van der Waals surface area contributed by atoms with Crippen molar-refractivity contribution in [2.75, 3.05) is 16.4 Å². The molecule has 41 heavy (non-hydrogen) atoms. The largest absolute Gasteiger partial charge is 0.416 e. The average Bonchev–Trinajstić information content (AvgIpc) is 3.53. The Morgan fingerprint density at radius 2 is 1.71 bits per heavy atom. The fraction of sp³-hybridized carbons (Fsp3) is 0.0667. The summed E-state index contributed by atoms with van der Waals surface area (Å²) in [7, 11) is 0. The summed E-state index contributed by atoms with van der Waals surface area (Å²) >= 11 is 1.55.